The number of unbranched alkanes of at least 4 members (excludes halogenated alkanes) is 2. The first kappa shape index (κ1) is 118. The lowest BCUT2D eigenvalue weighted by molar-refractivity contribution is -0.167. The smallest absolute Gasteiger partial charge is 0.329 e. The van der Waals surface area contributed by atoms with Crippen LogP contribution in [0.25, 0.3) is 45.3 Å². The van der Waals surface area contributed by atoms with Crippen molar-refractivity contribution < 1.29 is 100.0 Å². The van der Waals surface area contributed by atoms with E-state index in [9.17, 15) is 43.2 Å². The van der Waals surface area contributed by atoms with Crippen LogP contribution in [-0.4, -0.2) is 211 Å². The molecule has 7 aliphatic rings. The van der Waals surface area contributed by atoms with Crippen molar-refractivity contribution in [3.63, 3.8) is 0 Å². The van der Waals surface area contributed by atoms with Crippen LogP contribution in [0.1, 0.15) is 295 Å². The summed E-state index contributed by atoms with van der Waals surface area (Å²) in [6.45, 7) is 51.2. The Kier molecular flexibility index (Phi) is 41.0. The number of carbonyl (C=O) groups excluding carboxylic acids is 9. The molecule has 3 aromatic carbocycles. The zero-order valence-corrected chi connectivity index (χ0v) is 88.2. The minimum Gasteiger partial charge on any atom is -0.497 e. The highest BCUT2D eigenvalue weighted by molar-refractivity contribution is 6.31. The number of benzene rings is 3. The van der Waals surface area contributed by atoms with Crippen LogP contribution in [0, 0.1) is 69.5 Å². The molecule has 3 aromatic heterocycles. The van der Waals surface area contributed by atoms with Crippen LogP contribution >= 0.6 is 11.6 Å². The molecule has 0 N–H and O–H groups in total. The third kappa shape index (κ3) is 31.0. The first-order valence-corrected chi connectivity index (χ1v) is 50.6. The van der Waals surface area contributed by atoms with Gasteiger partial charge in [-0.05, 0) is 241 Å². The SMILES string of the molecule is C.C.C.C=CCCC[C@@H]1C[C@H]1OC(=O)C[C@H](C(=O)N1C[C@H](Oc2nc3cc(OC)ccc3nc2C=C)[C@@H](CC)[C@H]1C(=O)OC(C)(C)C)C(C)(C)C.C=CCCC[C@@H]1C[C@H]1OC(=O)C[C@H](C(=O)N1C[C@H](Oc2nc3cc(OC)ccc3nc2Cl)[C@@H](CC)[C@H]1C(=O)OC(C)(C)C)C(C)(C)C.CC[C@@H]1[C@@H]2CN(C(=O)[C@H](C(C)(C)C)CC(=O)O[C@@H]3C[C@H]3CCC/C=C/c3nc4ccc(OC)cc4nc3O2)[C@@H]1C(=O)OC(C)(C)C. The van der Waals surface area contributed by atoms with Gasteiger partial charge < -0.3 is 71.5 Å². The lowest BCUT2D eigenvalue weighted by atomic mass is 9.77. The predicted molar refractivity (Wildman–Crippen MR) is 560 cm³/mol. The van der Waals surface area contributed by atoms with Gasteiger partial charge in [-0.3, -0.25) is 28.8 Å². The van der Waals surface area contributed by atoms with Crippen LogP contribution in [0.5, 0.6) is 34.9 Å². The van der Waals surface area contributed by atoms with Crippen molar-refractivity contribution in [1.29, 1.82) is 0 Å². The first-order chi connectivity index (χ1) is 66.3. The number of amides is 3. The Bertz CT molecular complexity index is 5530. The maximum Gasteiger partial charge on any atom is 0.329 e. The number of hydrogen-bond donors (Lipinski definition) is 0. The van der Waals surface area contributed by atoms with E-state index in [0.717, 1.165) is 77.0 Å². The van der Waals surface area contributed by atoms with Gasteiger partial charge in [0.25, 0.3) is 5.88 Å². The van der Waals surface area contributed by atoms with Crippen molar-refractivity contribution in [2.24, 2.45) is 69.5 Å². The zero-order chi connectivity index (χ0) is 103. The minimum atomic E-state index is -0.942. The maximum absolute atomic E-state index is 14.6. The zero-order valence-electron chi connectivity index (χ0n) is 87.4. The number of halogens is 1. The van der Waals surface area contributed by atoms with Gasteiger partial charge >= 0.3 is 35.8 Å². The topological polar surface area (TPSA) is 351 Å². The van der Waals surface area contributed by atoms with Gasteiger partial charge in [0.05, 0.1) is 111 Å². The molecule has 6 aromatic rings. The van der Waals surface area contributed by atoms with E-state index in [1.165, 1.54) is 4.90 Å². The summed E-state index contributed by atoms with van der Waals surface area (Å²) >= 11 is 6.53. The second-order valence-electron chi connectivity index (χ2n) is 44.7. The lowest BCUT2D eigenvalue weighted by Crippen LogP contribution is -2.50. The highest BCUT2D eigenvalue weighted by Crippen LogP contribution is 2.48. The second-order valence-corrected chi connectivity index (χ2v) is 45.1. The molecule has 794 valence electrons. The molecule has 13 rings (SSSR count). The number of rotatable bonds is 30. The third-order valence-corrected chi connectivity index (χ3v) is 27.5. The molecule has 6 fully saturated rings. The monoisotopic (exact) mass is 2020 g/mol. The van der Waals surface area contributed by atoms with E-state index in [-0.39, 0.29) is 126 Å². The molecule has 0 radical (unpaired) electrons. The van der Waals surface area contributed by atoms with Gasteiger partial charge in [-0.15, -0.1) is 13.2 Å². The Hall–Kier alpha value is -11.0. The molecule has 4 aliphatic heterocycles. The van der Waals surface area contributed by atoms with Crippen molar-refractivity contribution in [3.8, 4) is 34.9 Å². The van der Waals surface area contributed by atoms with E-state index in [1.54, 1.807) is 109 Å². The number of allylic oxidation sites excluding steroid dienone is 3. The number of carbonyl (C=O) groups is 9. The Labute approximate surface area is 859 Å². The molecule has 0 unspecified atom stereocenters. The normalized spacial score (nSPS) is 24.2. The van der Waals surface area contributed by atoms with Crippen molar-refractivity contribution in [2.45, 2.75) is 355 Å². The van der Waals surface area contributed by atoms with E-state index in [1.807, 2.05) is 146 Å². The summed E-state index contributed by atoms with van der Waals surface area (Å²) in [6, 6.07) is 13.4. The van der Waals surface area contributed by atoms with Gasteiger partial charge in [0.2, 0.25) is 29.5 Å². The molecular weight excluding hydrogens is 1850 g/mol. The minimum absolute atomic E-state index is 0. The van der Waals surface area contributed by atoms with E-state index >= 15 is 0 Å². The molecule has 31 heteroatoms. The van der Waals surface area contributed by atoms with Gasteiger partial charge in [-0.2, -0.15) is 0 Å². The van der Waals surface area contributed by atoms with E-state index < -0.39 is 129 Å². The fourth-order valence-electron chi connectivity index (χ4n) is 19.3. The number of methoxy groups -OCH3 is 3. The van der Waals surface area contributed by atoms with Crippen LogP contribution in [0.3, 0.4) is 0 Å². The number of fused-ring (bicyclic) bond motifs is 7. The number of hydrogen-bond acceptors (Lipinski definition) is 27. The van der Waals surface area contributed by atoms with E-state index in [4.69, 9.17) is 83.4 Å². The summed E-state index contributed by atoms with van der Waals surface area (Å²) in [5, 5.41) is 0.0642. The Balaban J connectivity index is 0.000000261. The van der Waals surface area contributed by atoms with E-state index in [2.05, 4.69) is 40.8 Å². The number of aromatic nitrogens is 6. The van der Waals surface area contributed by atoms with Crippen molar-refractivity contribution >= 4 is 110 Å². The third-order valence-electron chi connectivity index (χ3n) is 27.3. The molecule has 7 heterocycles. The predicted octanol–water partition coefficient (Wildman–Crippen LogP) is 22.0. The van der Waals surface area contributed by atoms with Crippen LogP contribution in [0.2, 0.25) is 5.15 Å². The first-order valence-electron chi connectivity index (χ1n) is 50.3. The summed E-state index contributed by atoms with van der Waals surface area (Å²) in [5.41, 5.74) is 0.565. The standard InChI is InChI=1S/C38H53N3O7.C36H50ClN3O7.C36H49N3O7.3CH4/c1-11-14-15-16-23-19-30(23)46-32(42)21-26(37(4,5)6)35(43)41-22-31(25(12-2)33(41)36(44)48-38(7,8)9)47-34-27(13-3)39-28-18-17-24(45-10)20-29(28)40-34;1-10-12-13-14-21-17-27(21)45-29(41)19-24(35(3,4)5)33(42)40-20-28(23(11-2)30(40)34(43)47-36(6,7)8)46-32-31(37)38-25-16-15-22(44-9)18-26(25)39-32;1-9-23-29-20-39(31(23)34(42)46-36(5,6)7)33(41)24(35(2,3)4)19-30(40)44-28-17-21(28)13-11-10-12-14-26-32(45-29)38-27-18-22(43-8)15-16-25(27)37-26;;;/h11,13,17-18,20,23,25-26,30-31,33H,1,3,12,14-16,19,21-22H2,2,4-10H3;10,15-16,18,21,23-24,27-28,30H,1,11-14,17,19-20H2,2-9H3;12,14-16,18,21,23-24,28-29,31H,9-11,13,17,19-20H2,1-8H3;3*1H4/b;;14-12+;;;/t23-,25-,26-,30-,31+,33+;21-,23-,24-,27-,28+,30+;21-,23-,24-,28-,29+,31+;;;/m111.../s1. The van der Waals surface area contributed by atoms with Gasteiger partial charge in [-0.25, -0.2) is 44.3 Å². The molecule has 3 amide bonds. The average molecular weight is 2020 g/mol. The van der Waals surface area contributed by atoms with Gasteiger partial charge in [0.1, 0.15) is 100 Å². The van der Waals surface area contributed by atoms with Crippen molar-refractivity contribution in [3.05, 3.63) is 109 Å². The molecule has 2 bridgehead atoms. The molecule has 3 saturated carbocycles. The number of nitrogens with zero attached hydrogens (tertiary/aromatic N) is 9. The highest BCUT2D eigenvalue weighted by Gasteiger charge is 2.58. The molecule has 30 nitrogen and oxygen atoms in total. The molecule has 144 heavy (non-hydrogen) atoms. The molecular formula is C113H164ClN9O21. The summed E-state index contributed by atoms with van der Waals surface area (Å²) in [4.78, 5) is 158. The van der Waals surface area contributed by atoms with Crippen LogP contribution in [-0.2, 0) is 71.6 Å². The second kappa shape index (κ2) is 49.9. The number of esters is 6. The van der Waals surface area contributed by atoms with Crippen molar-refractivity contribution in [1.82, 2.24) is 44.6 Å². The average Bonchev–Trinajstić information content (AvgIpc) is 1.62. The fraction of sp³-hybridized carbons (Fsp3) is 0.637. The van der Waals surface area contributed by atoms with Crippen molar-refractivity contribution in [2.75, 3.05) is 41.0 Å². The van der Waals surface area contributed by atoms with E-state index in [0.29, 0.717) is 105 Å². The highest BCUT2D eigenvalue weighted by atomic mass is 35.5. The quantitative estimate of drug-likeness (QED) is 0.0175. The maximum atomic E-state index is 14.6. The van der Waals surface area contributed by atoms with Gasteiger partial charge in [0, 0.05) is 36.0 Å². The number of likely N-dealkylation sites (tertiary alicyclic amines) is 2. The Morgan fingerprint density at radius 1 is 0.507 bits per heavy atom. The largest absolute Gasteiger partial charge is 0.497 e. The molecule has 0 spiro atoms. The molecule has 3 aliphatic carbocycles. The van der Waals surface area contributed by atoms with Gasteiger partial charge in [0.15, 0.2) is 5.15 Å². The lowest BCUT2D eigenvalue weighted by Gasteiger charge is -2.35. The summed E-state index contributed by atoms with van der Waals surface area (Å²) in [6.07, 6.45) is 19.6. The van der Waals surface area contributed by atoms with Crippen LogP contribution in [0.15, 0.2) is 92.6 Å². The fourth-order valence-corrected chi connectivity index (χ4v) is 19.5. The summed E-state index contributed by atoms with van der Waals surface area (Å²) in [7, 11) is 4.74. The summed E-state index contributed by atoms with van der Waals surface area (Å²) in [5.74, 6) is -3.47. The molecule has 18 atom stereocenters. The number of ether oxygens (including phenoxy) is 12. The Morgan fingerprint density at radius 3 is 1.36 bits per heavy atom. The van der Waals surface area contributed by atoms with Gasteiger partial charge in [-0.1, -0.05) is 142 Å². The van der Waals surface area contributed by atoms with Crippen LogP contribution in [0.4, 0.5) is 0 Å². The molecule has 3 saturated heterocycles. The summed E-state index contributed by atoms with van der Waals surface area (Å²) < 4.78 is 70.8. The van der Waals surface area contributed by atoms with Crippen LogP contribution < -0.4 is 28.4 Å². The Morgan fingerprint density at radius 2 is 0.938 bits per heavy atom.